The Morgan fingerprint density at radius 2 is 1.63 bits per heavy atom. The molecule has 7 heteroatoms. The molecule has 0 amide bonds. The Bertz CT molecular complexity index is 864. The molecule has 0 heterocycles. The molecule has 0 saturated carbocycles. The van der Waals surface area contributed by atoms with Crippen molar-refractivity contribution in [2.24, 2.45) is 0 Å². The number of anilines is 1. The molecule has 1 N–H and O–H groups in total. The van der Waals surface area contributed by atoms with Crippen LogP contribution in [-0.4, -0.2) is 31.8 Å². The van der Waals surface area contributed by atoms with Gasteiger partial charge < -0.3 is 5.11 Å². The van der Waals surface area contributed by atoms with Crippen LogP contribution in [0.25, 0.3) is 0 Å². The molecule has 0 saturated heterocycles. The summed E-state index contributed by atoms with van der Waals surface area (Å²) in [4.78, 5) is 11.9. The van der Waals surface area contributed by atoms with Crippen LogP contribution in [0.15, 0.2) is 48.5 Å². The van der Waals surface area contributed by atoms with Gasteiger partial charge in [-0.25, -0.2) is 17.6 Å². The van der Waals surface area contributed by atoms with E-state index in [2.05, 4.69) is 6.92 Å². The SMILES string of the molecule is CCCCc1ccc(CC(C(=O)O)N(c2ccc(F)cc2)S(C)(=O)=O)cc1. The lowest BCUT2D eigenvalue weighted by Gasteiger charge is -2.29. The van der Waals surface area contributed by atoms with Crippen LogP contribution in [0.4, 0.5) is 10.1 Å². The van der Waals surface area contributed by atoms with E-state index in [1.54, 1.807) is 0 Å². The number of sulfonamides is 1. The summed E-state index contributed by atoms with van der Waals surface area (Å²) in [6.07, 6.45) is 4.06. The van der Waals surface area contributed by atoms with Gasteiger partial charge in [-0.2, -0.15) is 0 Å². The van der Waals surface area contributed by atoms with Gasteiger partial charge in [0.05, 0.1) is 11.9 Å². The van der Waals surface area contributed by atoms with Gasteiger partial charge >= 0.3 is 5.97 Å². The zero-order valence-corrected chi connectivity index (χ0v) is 16.2. The summed E-state index contributed by atoms with van der Waals surface area (Å²) in [7, 11) is -3.89. The Hall–Kier alpha value is -2.41. The predicted octanol–water partition coefficient (Wildman–Crippen LogP) is 3.63. The van der Waals surface area contributed by atoms with E-state index in [1.165, 1.54) is 12.1 Å². The van der Waals surface area contributed by atoms with Gasteiger partial charge in [0, 0.05) is 6.42 Å². The third-order valence-corrected chi connectivity index (χ3v) is 5.46. The number of carboxylic acids is 1. The first-order chi connectivity index (χ1) is 12.7. The molecule has 0 radical (unpaired) electrons. The minimum atomic E-state index is -3.89. The van der Waals surface area contributed by atoms with Crippen molar-refractivity contribution < 1.29 is 22.7 Å². The summed E-state index contributed by atoms with van der Waals surface area (Å²) in [5.41, 5.74) is 2.00. The van der Waals surface area contributed by atoms with Crippen molar-refractivity contribution >= 4 is 21.7 Å². The fourth-order valence-electron chi connectivity index (χ4n) is 2.91. The van der Waals surface area contributed by atoms with Crippen LogP contribution in [0.2, 0.25) is 0 Å². The highest BCUT2D eigenvalue weighted by atomic mass is 32.2. The molecule has 0 aliphatic carbocycles. The molecule has 146 valence electrons. The van der Waals surface area contributed by atoms with Gasteiger partial charge in [0.15, 0.2) is 0 Å². The molecule has 1 atom stereocenters. The third kappa shape index (κ3) is 5.79. The zero-order valence-electron chi connectivity index (χ0n) is 15.4. The van der Waals surface area contributed by atoms with Crippen molar-refractivity contribution in [3.8, 4) is 0 Å². The van der Waals surface area contributed by atoms with Gasteiger partial charge in [0.25, 0.3) is 0 Å². The minimum absolute atomic E-state index is 0.00778. The Morgan fingerprint density at radius 1 is 1.07 bits per heavy atom. The Balaban J connectivity index is 2.32. The number of carboxylic acid groups (broad SMARTS) is 1. The van der Waals surface area contributed by atoms with Crippen molar-refractivity contribution in [2.45, 2.75) is 38.6 Å². The second-order valence-corrected chi connectivity index (χ2v) is 8.37. The van der Waals surface area contributed by atoms with Crippen LogP contribution in [0.5, 0.6) is 0 Å². The normalized spacial score (nSPS) is 12.6. The third-order valence-electron chi connectivity index (χ3n) is 4.28. The number of halogens is 1. The monoisotopic (exact) mass is 393 g/mol. The maximum atomic E-state index is 13.2. The fraction of sp³-hybridized carbons (Fsp3) is 0.350. The van der Waals surface area contributed by atoms with Crippen molar-refractivity contribution in [3.63, 3.8) is 0 Å². The van der Waals surface area contributed by atoms with Crippen molar-refractivity contribution in [3.05, 3.63) is 65.5 Å². The largest absolute Gasteiger partial charge is 0.480 e. The number of unbranched alkanes of at least 4 members (excludes halogenated alkanes) is 1. The van der Waals surface area contributed by atoms with Crippen molar-refractivity contribution in [2.75, 3.05) is 10.6 Å². The van der Waals surface area contributed by atoms with E-state index in [4.69, 9.17) is 0 Å². The molecular weight excluding hydrogens is 369 g/mol. The van der Waals surface area contributed by atoms with E-state index in [-0.39, 0.29) is 12.1 Å². The number of carbonyl (C=O) groups is 1. The van der Waals surface area contributed by atoms with Gasteiger partial charge in [0.1, 0.15) is 11.9 Å². The Kier molecular flexibility index (Phi) is 6.96. The number of hydrogen-bond acceptors (Lipinski definition) is 3. The van der Waals surface area contributed by atoms with Crippen LogP contribution in [0, 0.1) is 5.82 Å². The Morgan fingerprint density at radius 3 is 2.11 bits per heavy atom. The first kappa shape index (κ1) is 20.9. The maximum Gasteiger partial charge on any atom is 0.327 e. The number of aliphatic carboxylic acids is 1. The average molecular weight is 393 g/mol. The molecule has 2 aromatic rings. The lowest BCUT2D eigenvalue weighted by molar-refractivity contribution is -0.138. The van der Waals surface area contributed by atoms with Gasteiger partial charge in [-0.05, 0) is 48.2 Å². The molecule has 27 heavy (non-hydrogen) atoms. The first-order valence-electron chi connectivity index (χ1n) is 8.78. The number of aryl methyl sites for hydroxylation is 1. The lowest BCUT2D eigenvalue weighted by Crippen LogP contribution is -2.46. The maximum absolute atomic E-state index is 13.2. The quantitative estimate of drug-likeness (QED) is 0.706. The first-order valence-corrected chi connectivity index (χ1v) is 10.6. The van der Waals surface area contributed by atoms with E-state index < -0.39 is 27.9 Å². The minimum Gasteiger partial charge on any atom is -0.480 e. The standard InChI is InChI=1S/C20H24FNO4S/c1-3-4-5-15-6-8-16(9-7-15)14-19(20(23)24)22(27(2,25)26)18-12-10-17(21)11-13-18/h6-13,19H,3-5,14H2,1-2H3,(H,23,24). The molecule has 0 aliphatic heterocycles. The highest BCUT2D eigenvalue weighted by molar-refractivity contribution is 7.92. The predicted molar refractivity (Wildman–Crippen MR) is 104 cm³/mol. The summed E-state index contributed by atoms with van der Waals surface area (Å²) in [5.74, 6) is -1.79. The van der Waals surface area contributed by atoms with Crippen LogP contribution in [0.3, 0.4) is 0 Å². The molecule has 2 rings (SSSR count). The average Bonchev–Trinajstić information content (AvgIpc) is 2.61. The van der Waals surface area contributed by atoms with Crippen LogP contribution in [0.1, 0.15) is 30.9 Å². The highest BCUT2D eigenvalue weighted by Crippen LogP contribution is 2.23. The van der Waals surface area contributed by atoms with Gasteiger partial charge in [-0.1, -0.05) is 37.6 Å². The fourth-order valence-corrected chi connectivity index (χ4v) is 4.04. The van der Waals surface area contributed by atoms with Gasteiger partial charge in [-0.15, -0.1) is 0 Å². The van der Waals surface area contributed by atoms with Crippen LogP contribution < -0.4 is 4.31 Å². The molecular formula is C20H24FNO4S. The molecule has 1 unspecified atom stereocenters. The van der Waals surface area contributed by atoms with Crippen molar-refractivity contribution in [1.29, 1.82) is 0 Å². The lowest BCUT2D eigenvalue weighted by atomic mass is 10.0. The summed E-state index contributed by atoms with van der Waals surface area (Å²) in [5, 5.41) is 9.67. The van der Waals surface area contributed by atoms with E-state index in [0.29, 0.717) is 0 Å². The number of rotatable bonds is 9. The molecule has 2 aromatic carbocycles. The summed E-state index contributed by atoms with van der Waals surface area (Å²) >= 11 is 0. The van der Waals surface area contributed by atoms with E-state index in [9.17, 15) is 22.7 Å². The second-order valence-electron chi connectivity index (χ2n) is 6.51. The van der Waals surface area contributed by atoms with Gasteiger partial charge in [0.2, 0.25) is 10.0 Å². The molecule has 0 aromatic heterocycles. The number of hydrogen-bond donors (Lipinski definition) is 1. The van der Waals surface area contributed by atoms with E-state index in [1.807, 2.05) is 24.3 Å². The number of benzene rings is 2. The summed E-state index contributed by atoms with van der Waals surface area (Å²) in [6, 6.07) is 10.9. The molecule has 0 spiro atoms. The Labute approximate surface area is 159 Å². The van der Waals surface area contributed by atoms with Crippen molar-refractivity contribution in [1.82, 2.24) is 0 Å². The van der Waals surface area contributed by atoms with E-state index in [0.717, 1.165) is 53.1 Å². The molecule has 0 aliphatic rings. The molecule has 0 bridgehead atoms. The van der Waals surface area contributed by atoms with Crippen LogP contribution >= 0.6 is 0 Å². The van der Waals surface area contributed by atoms with Gasteiger partial charge in [-0.3, -0.25) is 4.31 Å². The summed E-state index contributed by atoms with van der Waals surface area (Å²) < 4.78 is 38.6. The smallest absolute Gasteiger partial charge is 0.327 e. The summed E-state index contributed by atoms with van der Waals surface area (Å²) in [6.45, 7) is 2.11. The second kappa shape index (κ2) is 8.99. The molecule has 0 fully saturated rings. The zero-order chi connectivity index (χ0) is 20.0. The highest BCUT2D eigenvalue weighted by Gasteiger charge is 2.32. The topological polar surface area (TPSA) is 74.7 Å². The van der Waals surface area contributed by atoms with E-state index >= 15 is 0 Å². The van der Waals surface area contributed by atoms with Crippen LogP contribution in [-0.2, 0) is 27.7 Å². The molecule has 5 nitrogen and oxygen atoms in total. The number of nitrogens with zero attached hydrogens (tertiary/aromatic N) is 1.